The number of alkyl halides is 3. The Morgan fingerprint density at radius 2 is 1.54 bits per heavy atom. The van der Waals surface area contributed by atoms with E-state index in [0.29, 0.717) is 11.1 Å². The highest BCUT2D eigenvalue weighted by Crippen LogP contribution is 2.30. The van der Waals surface area contributed by atoms with E-state index in [9.17, 15) is 22.4 Å². The molecular formula is C20H13F4NO. The zero-order valence-electron chi connectivity index (χ0n) is 13.3. The van der Waals surface area contributed by atoms with Gasteiger partial charge in [-0.15, -0.1) is 0 Å². The van der Waals surface area contributed by atoms with Crippen LogP contribution in [0.15, 0.2) is 72.8 Å². The van der Waals surface area contributed by atoms with Crippen molar-refractivity contribution in [3.63, 3.8) is 0 Å². The molecule has 2 nitrogen and oxygen atoms in total. The first-order valence-electron chi connectivity index (χ1n) is 7.68. The van der Waals surface area contributed by atoms with Crippen molar-refractivity contribution in [3.8, 4) is 11.1 Å². The number of benzene rings is 3. The second-order valence-corrected chi connectivity index (χ2v) is 5.59. The molecule has 0 saturated heterocycles. The molecule has 3 aromatic carbocycles. The largest absolute Gasteiger partial charge is 0.416 e. The lowest BCUT2D eigenvalue weighted by Gasteiger charge is -2.10. The first-order valence-corrected chi connectivity index (χ1v) is 7.68. The van der Waals surface area contributed by atoms with E-state index in [1.54, 1.807) is 30.3 Å². The Bertz CT molecular complexity index is 933. The molecule has 1 N–H and O–H groups in total. The Kier molecular flexibility index (Phi) is 4.75. The van der Waals surface area contributed by atoms with E-state index in [0.717, 1.165) is 12.1 Å². The third-order valence-corrected chi connectivity index (χ3v) is 3.78. The van der Waals surface area contributed by atoms with Gasteiger partial charge in [0.05, 0.1) is 5.56 Å². The van der Waals surface area contributed by atoms with Crippen LogP contribution < -0.4 is 5.32 Å². The van der Waals surface area contributed by atoms with Crippen molar-refractivity contribution in [2.24, 2.45) is 0 Å². The molecule has 0 fully saturated rings. The number of carbonyl (C=O) groups is 1. The SMILES string of the molecule is O=C(Nc1cccc(C(F)(F)F)c1)c1ccc(-c2ccccc2F)cc1. The number of hydrogen-bond acceptors (Lipinski definition) is 1. The van der Waals surface area contributed by atoms with Crippen LogP contribution in [0.2, 0.25) is 0 Å². The Hall–Kier alpha value is -3.15. The van der Waals surface area contributed by atoms with Gasteiger partial charge in [0.25, 0.3) is 5.91 Å². The van der Waals surface area contributed by atoms with Crippen molar-refractivity contribution in [1.82, 2.24) is 0 Å². The zero-order valence-corrected chi connectivity index (χ0v) is 13.3. The van der Waals surface area contributed by atoms with Crippen LogP contribution in [0.25, 0.3) is 11.1 Å². The van der Waals surface area contributed by atoms with Gasteiger partial charge in [-0.2, -0.15) is 13.2 Å². The molecule has 0 aliphatic rings. The summed E-state index contributed by atoms with van der Waals surface area (Å²) in [5.41, 5.74) is 0.451. The molecule has 6 heteroatoms. The normalized spacial score (nSPS) is 11.2. The van der Waals surface area contributed by atoms with Gasteiger partial charge < -0.3 is 5.32 Å². The summed E-state index contributed by atoms with van der Waals surface area (Å²) in [7, 11) is 0. The van der Waals surface area contributed by atoms with Gasteiger partial charge >= 0.3 is 6.18 Å². The highest BCUT2D eigenvalue weighted by atomic mass is 19.4. The first-order chi connectivity index (χ1) is 12.3. The third kappa shape index (κ3) is 3.91. The van der Waals surface area contributed by atoms with Crippen molar-refractivity contribution in [1.29, 1.82) is 0 Å². The molecule has 0 heterocycles. The number of hydrogen-bond donors (Lipinski definition) is 1. The molecule has 0 saturated carbocycles. The fourth-order valence-electron chi connectivity index (χ4n) is 2.47. The number of rotatable bonds is 3. The van der Waals surface area contributed by atoms with Crippen LogP contribution in [0.3, 0.4) is 0 Å². The van der Waals surface area contributed by atoms with E-state index in [2.05, 4.69) is 5.32 Å². The van der Waals surface area contributed by atoms with Gasteiger partial charge in [0.2, 0.25) is 0 Å². The quantitative estimate of drug-likeness (QED) is 0.592. The molecule has 0 atom stereocenters. The highest BCUT2D eigenvalue weighted by Gasteiger charge is 2.30. The van der Waals surface area contributed by atoms with Crippen LogP contribution in [-0.2, 0) is 6.18 Å². The molecule has 26 heavy (non-hydrogen) atoms. The van der Waals surface area contributed by atoms with E-state index in [4.69, 9.17) is 0 Å². The lowest BCUT2D eigenvalue weighted by atomic mass is 10.0. The van der Waals surface area contributed by atoms with Gasteiger partial charge in [-0.25, -0.2) is 4.39 Å². The minimum Gasteiger partial charge on any atom is -0.322 e. The van der Waals surface area contributed by atoms with E-state index >= 15 is 0 Å². The van der Waals surface area contributed by atoms with Crippen LogP contribution in [0.4, 0.5) is 23.2 Å². The summed E-state index contributed by atoms with van der Waals surface area (Å²) in [6.45, 7) is 0. The Balaban J connectivity index is 1.78. The topological polar surface area (TPSA) is 29.1 Å². The van der Waals surface area contributed by atoms with Crippen LogP contribution in [0.1, 0.15) is 15.9 Å². The maximum Gasteiger partial charge on any atom is 0.416 e. The monoisotopic (exact) mass is 359 g/mol. The van der Waals surface area contributed by atoms with Gasteiger partial charge in [0, 0.05) is 16.8 Å². The summed E-state index contributed by atoms with van der Waals surface area (Å²) in [5.74, 6) is -0.932. The molecule has 1 amide bonds. The predicted molar refractivity (Wildman–Crippen MR) is 91.2 cm³/mol. The van der Waals surface area contributed by atoms with E-state index in [-0.39, 0.29) is 17.1 Å². The fourth-order valence-corrected chi connectivity index (χ4v) is 2.47. The summed E-state index contributed by atoms with van der Waals surface area (Å²) < 4.78 is 52.0. The summed E-state index contributed by atoms with van der Waals surface area (Å²) in [4.78, 5) is 12.2. The van der Waals surface area contributed by atoms with Crippen molar-refractivity contribution in [2.75, 3.05) is 5.32 Å². The summed E-state index contributed by atoms with van der Waals surface area (Å²) in [6, 6.07) is 16.8. The van der Waals surface area contributed by atoms with Crippen molar-refractivity contribution >= 4 is 11.6 Å². The lowest BCUT2D eigenvalue weighted by Crippen LogP contribution is -2.13. The van der Waals surface area contributed by atoms with E-state index in [1.165, 1.54) is 30.3 Å². The molecule has 0 aliphatic heterocycles. The zero-order chi connectivity index (χ0) is 18.7. The minimum absolute atomic E-state index is 0.0444. The summed E-state index contributed by atoms with van der Waals surface area (Å²) >= 11 is 0. The van der Waals surface area contributed by atoms with Crippen LogP contribution >= 0.6 is 0 Å². The predicted octanol–water partition coefficient (Wildman–Crippen LogP) is 5.76. The van der Waals surface area contributed by atoms with Crippen LogP contribution in [-0.4, -0.2) is 5.91 Å². The molecular weight excluding hydrogens is 346 g/mol. The number of carbonyl (C=O) groups excluding carboxylic acids is 1. The molecule has 0 radical (unpaired) electrons. The molecule has 0 aliphatic carbocycles. The molecule has 0 unspecified atom stereocenters. The van der Waals surface area contributed by atoms with E-state index in [1.807, 2.05) is 0 Å². The van der Waals surface area contributed by atoms with Gasteiger partial charge in [0.15, 0.2) is 0 Å². The maximum absolute atomic E-state index is 13.8. The van der Waals surface area contributed by atoms with Crippen molar-refractivity contribution in [2.45, 2.75) is 6.18 Å². The second-order valence-electron chi connectivity index (χ2n) is 5.59. The van der Waals surface area contributed by atoms with Gasteiger partial charge in [-0.3, -0.25) is 4.79 Å². The summed E-state index contributed by atoms with van der Waals surface area (Å²) in [5, 5.41) is 2.43. The summed E-state index contributed by atoms with van der Waals surface area (Å²) in [6.07, 6.45) is -4.48. The molecule has 0 bridgehead atoms. The standard InChI is InChI=1S/C20H13F4NO/c21-18-7-2-1-6-17(18)13-8-10-14(11-9-13)19(26)25-16-5-3-4-15(12-16)20(22,23)24/h1-12H,(H,25,26). The first kappa shape index (κ1) is 17.7. The lowest BCUT2D eigenvalue weighted by molar-refractivity contribution is -0.137. The average molecular weight is 359 g/mol. The molecule has 0 aromatic heterocycles. The van der Waals surface area contributed by atoms with Gasteiger partial charge in [-0.1, -0.05) is 36.4 Å². The number of anilines is 1. The Morgan fingerprint density at radius 1 is 0.846 bits per heavy atom. The maximum atomic E-state index is 13.8. The Labute approximate surface area is 147 Å². The van der Waals surface area contributed by atoms with Crippen LogP contribution in [0.5, 0.6) is 0 Å². The molecule has 132 valence electrons. The average Bonchev–Trinajstić information content (AvgIpc) is 2.62. The van der Waals surface area contributed by atoms with Crippen LogP contribution in [0, 0.1) is 5.82 Å². The number of amides is 1. The highest BCUT2D eigenvalue weighted by molar-refractivity contribution is 6.04. The second kappa shape index (κ2) is 7.00. The van der Waals surface area contributed by atoms with E-state index < -0.39 is 17.6 Å². The minimum atomic E-state index is -4.48. The molecule has 3 aromatic rings. The number of halogens is 4. The fraction of sp³-hybridized carbons (Fsp3) is 0.0500. The van der Waals surface area contributed by atoms with Gasteiger partial charge in [-0.05, 0) is 42.0 Å². The smallest absolute Gasteiger partial charge is 0.322 e. The van der Waals surface area contributed by atoms with Crippen molar-refractivity contribution in [3.05, 3.63) is 89.7 Å². The molecule has 0 spiro atoms. The van der Waals surface area contributed by atoms with Gasteiger partial charge in [0.1, 0.15) is 5.82 Å². The number of nitrogens with one attached hydrogen (secondary N) is 1. The molecule has 3 rings (SSSR count). The Morgan fingerprint density at radius 3 is 2.19 bits per heavy atom. The van der Waals surface area contributed by atoms with Crippen molar-refractivity contribution < 1.29 is 22.4 Å². The third-order valence-electron chi connectivity index (χ3n) is 3.78.